The molecule has 1 saturated heterocycles. The largest absolute Gasteiger partial charge is 0.335 e. The summed E-state index contributed by atoms with van der Waals surface area (Å²) in [5, 5.41) is 11.7. The highest BCUT2D eigenvalue weighted by atomic mass is 16.2. The molecule has 1 aliphatic carbocycles. The predicted octanol–water partition coefficient (Wildman–Crippen LogP) is 1.52. The van der Waals surface area contributed by atoms with Crippen LogP contribution in [0.15, 0.2) is 24.3 Å². The molecule has 1 aromatic carbocycles. The number of amides is 3. The average Bonchev–Trinajstić information content (AvgIpc) is 3.10. The summed E-state index contributed by atoms with van der Waals surface area (Å²) in [6.07, 6.45) is 3.01. The van der Waals surface area contributed by atoms with Crippen molar-refractivity contribution in [2.24, 2.45) is 5.92 Å². The summed E-state index contributed by atoms with van der Waals surface area (Å²) in [6.45, 7) is 1.64. The van der Waals surface area contributed by atoms with E-state index in [-0.39, 0.29) is 17.9 Å². The highest BCUT2D eigenvalue weighted by Crippen LogP contribution is 2.19. The van der Waals surface area contributed by atoms with E-state index in [4.69, 9.17) is 0 Å². The minimum Gasteiger partial charge on any atom is -0.335 e. The van der Waals surface area contributed by atoms with Gasteiger partial charge >= 0.3 is 6.03 Å². The van der Waals surface area contributed by atoms with Crippen molar-refractivity contribution in [1.29, 1.82) is 0 Å². The van der Waals surface area contributed by atoms with Crippen LogP contribution in [-0.4, -0.2) is 31.1 Å². The van der Waals surface area contributed by atoms with Crippen molar-refractivity contribution in [3.8, 4) is 0 Å². The van der Waals surface area contributed by atoms with Gasteiger partial charge in [0.25, 0.3) is 0 Å². The molecule has 2 aliphatic rings. The molecule has 3 amide bonds. The van der Waals surface area contributed by atoms with Crippen molar-refractivity contribution in [2.45, 2.75) is 25.3 Å². The predicted molar refractivity (Wildman–Crippen MR) is 81.2 cm³/mol. The Morgan fingerprint density at radius 1 is 1.00 bits per heavy atom. The van der Waals surface area contributed by atoms with Gasteiger partial charge in [-0.2, -0.15) is 0 Å². The Morgan fingerprint density at radius 2 is 1.67 bits per heavy atom. The van der Waals surface area contributed by atoms with Gasteiger partial charge in [-0.15, -0.1) is 0 Å². The highest BCUT2D eigenvalue weighted by Gasteiger charge is 2.23. The zero-order valence-corrected chi connectivity index (χ0v) is 11.8. The third kappa shape index (κ3) is 3.95. The molecule has 112 valence electrons. The number of hydrogen-bond donors (Lipinski definition) is 4. The second-order valence-electron chi connectivity index (χ2n) is 5.63. The van der Waals surface area contributed by atoms with Crippen LogP contribution in [0.2, 0.25) is 0 Å². The number of anilines is 2. The normalized spacial score (nSPS) is 20.9. The van der Waals surface area contributed by atoms with Gasteiger partial charge in [0.2, 0.25) is 5.91 Å². The first-order valence-corrected chi connectivity index (χ1v) is 7.40. The zero-order chi connectivity index (χ0) is 14.7. The molecule has 3 rings (SSSR count). The number of carbonyl (C=O) groups excluding carboxylic acids is 2. The zero-order valence-electron chi connectivity index (χ0n) is 11.8. The van der Waals surface area contributed by atoms with Crippen molar-refractivity contribution in [2.75, 3.05) is 23.7 Å². The van der Waals surface area contributed by atoms with Gasteiger partial charge in [0.15, 0.2) is 0 Å². The summed E-state index contributed by atoms with van der Waals surface area (Å²) in [6, 6.07) is 7.33. The van der Waals surface area contributed by atoms with Crippen LogP contribution in [0.3, 0.4) is 0 Å². The number of benzene rings is 1. The molecule has 1 aliphatic heterocycles. The molecule has 6 heteroatoms. The van der Waals surface area contributed by atoms with Crippen molar-refractivity contribution >= 4 is 23.3 Å². The minimum atomic E-state index is -0.175. The maximum atomic E-state index is 12.0. The summed E-state index contributed by atoms with van der Waals surface area (Å²) in [7, 11) is 0. The Morgan fingerprint density at radius 3 is 2.24 bits per heavy atom. The topological polar surface area (TPSA) is 82.3 Å². The van der Waals surface area contributed by atoms with Crippen molar-refractivity contribution in [3.05, 3.63) is 24.3 Å². The molecule has 21 heavy (non-hydrogen) atoms. The standard InChI is InChI=1S/C15H20N4O2/c20-14(10-7-8-16-9-10)17-11-1-3-12(4-2-11)18-15(21)19-13-5-6-13/h1-4,10,13,16H,5-9H2,(H,17,20)(H2,18,19,21). The number of urea groups is 1. The fourth-order valence-corrected chi connectivity index (χ4v) is 2.34. The quantitative estimate of drug-likeness (QED) is 0.678. The van der Waals surface area contributed by atoms with E-state index in [1.54, 1.807) is 24.3 Å². The third-order valence-electron chi connectivity index (χ3n) is 3.75. The van der Waals surface area contributed by atoms with Gasteiger partial charge in [-0.25, -0.2) is 4.79 Å². The molecule has 1 saturated carbocycles. The number of nitrogens with one attached hydrogen (secondary N) is 4. The van der Waals surface area contributed by atoms with Crippen molar-refractivity contribution < 1.29 is 9.59 Å². The number of hydrogen-bond acceptors (Lipinski definition) is 3. The molecule has 0 radical (unpaired) electrons. The highest BCUT2D eigenvalue weighted by molar-refractivity contribution is 5.94. The molecular weight excluding hydrogens is 268 g/mol. The van der Waals surface area contributed by atoms with E-state index in [9.17, 15) is 9.59 Å². The fourth-order valence-electron chi connectivity index (χ4n) is 2.34. The van der Waals surface area contributed by atoms with Crippen molar-refractivity contribution in [1.82, 2.24) is 10.6 Å². The lowest BCUT2D eigenvalue weighted by Gasteiger charge is -2.11. The smallest absolute Gasteiger partial charge is 0.319 e. The van der Waals surface area contributed by atoms with Crippen LogP contribution in [0.1, 0.15) is 19.3 Å². The van der Waals surface area contributed by atoms with Crippen LogP contribution < -0.4 is 21.3 Å². The van der Waals surface area contributed by atoms with Gasteiger partial charge in [-0.1, -0.05) is 0 Å². The van der Waals surface area contributed by atoms with E-state index in [2.05, 4.69) is 21.3 Å². The molecule has 2 fully saturated rings. The Labute approximate surface area is 123 Å². The molecule has 0 aromatic heterocycles. The number of rotatable bonds is 4. The molecule has 4 N–H and O–H groups in total. The van der Waals surface area contributed by atoms with Gasteiger partial charge in [0.05, 0.1) is 5.92 Å². The van der Waals surface area contributed by atoms with Crippen molar-refractivity contribution in [3.63, 3.8) is 0 Å². The summed E-state index contributed by atoms with van der Waals surface area (Å²) in [4.78, 5) is 23.6. The van der Waals surface area contributed by atoms with E-state index in [0.29, 0.717) is 11.7 Å². The van der Waals surface area contributed by atoms with Crippen LogP contribution in [0.4, 0.5) is 16.2 Å². The summed E-state index contributed by atoms with van der Waals surface area (Å²) in [5.41, 5.74) is 1.47. The Bertz CT molecular complexity index is 519. The molecule has 1 unspecified atom stereocenters. The van der Waals surface area contributed by atoms with Gasteiger partial charge in [-0.05, 0) is 50.1 Å². The van der Waals surface area contributed by atoms with E-state index in [1.807, 2.05) is 0 Å². The first kappa shape index (κ1) is 13.9. The van der Waals surface area contributed by atoms with Crippen LogP contribution in [0, 0.1) is 5.92 Å². The van der Waals surface area contributed by atoms with Gasteiger partial charge in [0, 0.05) is 24.0 Å². The SMILES string of the molecule is O=C(Nc1ccc(NC(=O)C2CCNC2)cc1)NC1CC1. The lowest BCUT2D eigenvalue weighted by atomic mass is 10.1. The monoisotopic (exact) mass is 288 g/mol. The Hall–Kier alpha value is -2.08. The minimum absolute atomic E-state index is 0.0483. The van der Waals surface area contributed by atoms with Crippen LogP contribution in [0.5, 0.6) is 0 Å². The van der Waals surface area contributed by atoms with Gasteiger partial charge in [0.1, 0.15) is 0 Å². The van der Waals surface area contributed by atoms with E-state index < -0.39 is 0 Å². The molecule has 1 heterocycles. The second-order valence-corrected chi connectivity index (χ2v) is 5.63. The molecule has 1 aromatic rings. The first-order chi connectivity index (χ1) is 10.2. The van der Waals surface area contributed by atoms with E-state index in [0.717, 1.165) is 38.0 Å². The van der Waals surface area contributed by atoms with E-state index >= 15 is 0 Å². The molecular formula is C15H20N4O2. The molecule has 0 spiro atoms. The Kier molecular flexibility index (Phi) is 4.06. The second kappa shape index (κ2) is 6.13. The Balaban J connectivity index is 1.50. The van der Waals surface area contributed by atoms with Crippen LogP contribution in [0.25, 0.3) is 0 Å². The summed E-state index contributed by atoms with van der Waals surface area (Å²) < 4.78 is 0. The maximum Gasteiger partial charge on any atom is 0.319 e. The lowest BCUT2D eigenvalue weighted by molar-refractivity contribution is -0.119. The van der Waals surface area contributed by atoms with Crippen LogP contribution >= 0.6 is 0 Å². The van der Waals surface area contributed by atoms with Gasteiger partial charge < -0.3 is 21.3 Å². The molecule has 6 nitrogen and oxygen atoms in total. The summed E-state index contributed by atoms with van der Waals surface area (Å²) >= 11 is 0. The number of carbonyl (C=O) groups is 2. The average molecular weight is 288 g/mol. The fraction of sp³-hybridized carbons (Fsp3) is 0.467. The summed E-state index contributed by atoms with van der Waals surface area (Å²) in [5.74, 6) is 0.0966. The maximum absolute atomic E-state index is 12.0. The molecule has 1 atom stereocenters. The lowest BCUT2D eigenvalue weighted by Crippen LogP contribution is -2.30. The first-order valence-electron chi connectivity index (χ1n) is 7.40. The van der Waals surface area contributed by atoms with E-state index in [1.165, 1.54) is 0 Å². The third-order valence-corrected chi connectivity index (χ3v) is 3.75. The van der Waals surface area contributed by atoms with Crippen LogP contribution in [-0.2, 0) is 4.79 Å². The molecule has 0 bridgehead atoms. The van der Waals surface area contributed by atoms with Gasteiger partial charge in [-0.3, -0.25) is 4.79 Å².